The maximum Gasteiger partial charge on any atom is 0.253 e. The largest absolute Gasteiger partial charge is 0.508 e. The van der Waals surface area contributed by atoms with Crippen molar-refractivity contribution >= 4 is 11.6 Å². The summed E-state index contributed by atoms with van der Waals surface area (Å²) < 4.78 is 0. The fraction of sp³-hybridized carbons (Fsp3) is 0.462. The standard InChI is InChI=1S/C13H20N2O3/c1-13(2,5-6-16)8-15-12(18)10-7-9(17)3-4-11(10)14/h3-4,7,16-17H,5-6,8,14H2,1-2H3,(H,15,18). The predicted octanol–water partition coefficient (Wildman–Crippen LogP) is 1.11. The van der Waals surface area contributed by atoms with Crippen molar-refractivity contribution in [3.8, 4) is 5.75 Å². The van der Waals surface area contributed by atoms with Gasteiger partial charge in [0, 0.05) is 18.8 Å². The van der Waals surface area contributed by atoms with E-state index in [0.717, 1.165) is 0 Å². The van der Waals surface area contributed by atoms with Gasteiger partial charge in [0.05, 0.1) is 5.56 Å². The number of benzene rings is 1. The number of hydrogen-bond donors (Lipinski definition) is 4. The van der Waals surface area contributed by atoms with Crippen LogP contribution < -0.4 is 11.1 Å². The van der Waals surface area contributed by atoms with Crippen molar-refractivity contribution in [1.82, 2.24) is 5.32 Å². The number of aliphatic hydroxyl groups is 1. The summed E-state index contributed by atoms with van der Waals surface area (Å²) in [6.45, 7) is 4.42. The van der Waals surface area contributed by atoms with Crippen LogP contribution in [0.3, 0.4) is 0 Å². The number of anilines is 1. The second-order valence-electron chi connectivity index (χ2n) is 5.09. The first kappa shape index (κ1) is 14.3. The van der Waals surface area contributed by atoms with Crippen LogP contribution in [0.1, 0.15) is 30.6 Å². The van der Waals surface area contributed by atoms with E-state index in [2.05, 4.69) is 5.32 Å². The molecule has 0 atom stereocenters. The minimum absolute atomic E-state index is 0.00367. The third kappa shape index (κ3) is 3.92. The van der Waals surface area contributed by atoms with Gasteiger partial charge >= 0.3 is 0 Å². The molecule has 0 aliphatic rings. The van der Waals surface area contributed by atoms with Crippen LogP contribution in [0.2, 0.25) is 0 Å². The van der Waals surface area contributed by atoms with Gasteiger partial charge in [-0.05, 0) is 30.0 Å². The van der Waals surface area contributed by atoms with Gasteiger partial charge in [-0.2, -0.15) is 0 Å². The Hall–Kier alpha value is -1.75. The van der Waals surface area contributed by atoms with Gasteiger partial charge in [-0.3, -0.25) is 4.79 Å². The molecular formula is C13H20N2O3. The zero-order chi connectivity index (χ0) is 13.8. The molecule has 0 heterocycles. The van der Waals surface area contributed by atoms with Crippen LogP contribution >= 0.6 is 0 Å². The van der Waals surface area contributed by atoms with E-state index >= 15 is 0 Å². The molecule has 1 amide bonds. The number of aliphatic hydroxyl groups excluding tert-OH is 1. The number of hydrogen-bond acceptors (Lipinski definition) is 4. The minimum Gasteiger partial charge on any atom is -0.508 e. The molecule has 0 saturated carbocycles. The molecule has 0 aromatic heterocycles. The first-order valence-corrected chi connectivity index (χ1v) is 5.83. The Morgan fingerprint density at radius 3 is 2.72 bits per heavy atom. The number of aromatic hydroxyl groups is 1. The van der Waals surface area contributed by atoms with Crippen LogP contribution in [-0.4, -0.2) is 29.3 Å². The molecule has 18 heavy (non-hydrogen) atoms. The Balaban J connectivity index is 2.69. The number of phenols is 1. The van der Waals surface area contributed by atoms with Gasteiger partial charge in [0.1, 0.15) is 5.75 Å². The zero-order valence-corrected chi connectivity index (χ0v) is 10.7. The quantitative estimate of drug-likeness (QED) is 0.466. The van der Waals surface area contributed by atoms with Crippen molar-refractivity contribution in [2.75, 3.05) is 18.9 Å². The molecule has 0 aliphatic carbocycles. The van der Waals surface area contributed by atoms with Gasteiger partial charge < -0.3 is 21.3 Å². The summed E-state index contributed by atoms with van der Waals surface area (Å²) in [6, 6.07) is 4.26. The normalized spacial score (nSPS) is 11.3. The van der Waals surface area contributed by atoms with Crippen LogP contribution in [-0.2, 0) is 0 Å². The lowest BCUT2D eigenvalue weighted by Crippen LogP contribution is -2.34. The molecule has 0 aliphatic heterocycles. The highest BCUT2D eigenvalue weighted by Crippen LogP contribution is 2.20. The van der Waals surface area contributed by atoms with Crippen molar-refractivity contribution in [2.24, 2.45) is 5.41 Å². The van der Waals surface area contributed by atoms with Crippen molar-refractivity contribution < 1.29 is 15.0 Å². The molecule has 5 heteroatoms. The maximum absolute atomic E-state index is 11.9. The zero-order valence-electron chi connectivity index (χ0n) is 10.7. The fourth-order valence-electron chi connectivity index (χ4n) is 1.55. The average Bonchev–Trinajstić information content (AvgIpc) is 2.29. The lowest BCUT2D eigenvalue weighted by atomic mass is 9.89. The number of nitrogen functional groups attached to an aromatic ring is 1. The van der Waals surface area contributed by atoms with Gasteiger partial charge in [-0.1, -0.05) is 13.8 Å². The summed E-state index contributed by atoms with van der Waals surface area (Å²) >= 11 is 0. The van der Waals surface area contributed by atoms with E-state index in [1.807, 2.05) is 13.8 Å². The maximum atomic E-state index is 11.9. The number of nitrogens with two attached hydrogens (primary N) is 1. The Morgan fingerprint density at radius 2 is 2.11 bits per heavy atom. The van der Waals surface area contributed by atoms with Crippen molar-refractivity contribution in [3.05, 3.63) is 23.8 Å². The van der Waals surface area contributed by atoms with Gasteiger partial charge in [-0.25, -0.2) is 0 Å². The Bertz CT molecular complexity index is 430. The molecule has 5 nitrogen and oxygen atoms in total. The molecular weight excluding hydrogens is 232 g/mol. The van der Waals surface area contributed by atoms with Crippen LogP contribution in [0.5, 0.6) is 5.75 Å². The van der Waals surface area contributed by atoms with Crippen molar-refractivity contribution in [2.45, 2.75) is 20.3 Å². The van der Waals surface area contributed by atoms with Crippen LogP contribution in [0, 0.1) is 5.41 Å². The molecule has 0 unspecified atom stereocenters. The molecule has 100 valence electrons. The van der Waals surface area contributed by atoms with Gasteiger partial charge in [0.15, 0.2) is 0 Å². The van der Waals surface area contributed by atoms with Crippen LogP contribution in [0.25, 0.3) is 0 Å². The first-order chi connectivity index (χ1) is 8.35. The molecule has 0 saturated heterocycles. The SMILES string of the molecule is CC(C)(CCO)CNC(=O)c1cc(O)ccc1N. The molecule has 5 N–H and O–H groups in total. The topological polar surface area (TPSA) is 95.6 Å². The number of carbonyl (C=O) groups is 1. The summed E-state index contributed by atoms with van der Waals surface area (Å²) in [5, 5.41) is 21.0. The Morgan fingerprint density at radius 1 is 1.44 bits per heavy atom. The predicted molar refractivity (Wildman–Crippen MR) is 70.3 cm³/mol. The lowest BCUT2D eigenvalue weighted by Gasteiger charge is -2.24. The number of amides is 1. The third-order valence-corrected chi connectivity index (χ3v) is 2.80. The summed E-state index contributed by atoms with van der Waals surface area (Å²) in [5.74, 6) is -0.321. The molecule has 1 aromatic carbocycles. The van der Waals surface area contributed by atoms with Gasteiger partial charge in [0.25, 0.3) is 5.91 Å². The second-order valence-corrected chi connectivity index (χ2v) is 5.09. The molecule has 0 spiro atoms. The van der Waals surface area contributed by atoms with E-state index in [1.54, 1.807) is 0 Å². The highest BCUT2D eigenvalue weighted by molar-refractivity contribution is 5.99. The highest BCUT2D eigenvalue weighted by Gasteiger charge is 2.19. The summed E-state index contributed by atoms with van der Waals surface area (Å²) in [5.41, 5.74) is 6.08. The van der Waals surface area contributed by atoms with Gasteiger partial charge in [-0.15, -0.1) is 0 Å². The molecule has 0 bridgehead atoms. The number of phenolic OH excluding ortho intramolecular Hbond substituents is 1. The molecule has 0 radical (unpaired) electrons. The monoisotopic (exact) mass is 252 g/mol. The van der Waals surface area contributed by atoms with Gasteiger partial charge in [0.2, 0.25) is 0 Å². The highest BCUT2D eigenvalue weighted by atomic mass is 16.3. The van der Waals surface area contributed by atoms with E-state index in [4.69, 9.17) is 10.8 Å². The fourth-order valence-corrected chi connectivity index (χ4v) is 1.55. The summed E-state index contributed by atoms with van der Waals surface area (Å²) in [7, 11) is 0. The van der Waals surface area contributed by atoms with E-state index in [-0.39, 0.29) is 29.2 Å². The number of nitrogens with one attached hydrogen (secondary N) is 1. The van der Waals surface area contributed by atoms with E-state index in [0.29, 0.717) is 18.7 Å². The smallest absolute Gasteiger partial charge is 0.253 e. The molecule has 1 rings (SSSR count). The summed E-state index contributed by atoms with van der Waals surface area (Å²) in [4.78, 5) is 11.9. The van der Waals surface area contributed by atoms with E-state index < -0.39 is 0 Å². The Labute approximate surface area is 107 Å². The number of carbonyl (C=O) groups excluding carboxylic acids is 1. The Kier molecular flexibility index (Phi) is 4.55. The molecule has 0 fully saturated rings. The van der Waals surface area contributed by atoms with Crippen molar-refractivity contribution in [1.29, 1.82) is 0 Å². The first-order valence-electron chi connectivity index (χ1n) is 5.83. The van der Waals surface area contributed by atoms with E-state index in [9.17, 15) is 9.90 Å². The average molecular weight is 252 g/mol. The lowest BCUT2D eigenvalue weighted by molar-refractivity contribution is 0.0928. The van der Waals surface area contributed by atoms with Crippen molar-refractivity contribution in [3.63, 3.8) is 0 Å². The second kappa shape index (κ2) is 5.73. The minimum atomic E-state index is -0.325. The van der Waals surface area contributed by atoms with Crippen LogP contribution in [0.4, 0.5) is 5.69 Å². The number of rotatable bonds is 5. The summed E-state index contributed by atoms with van der Waals surface area (Å²) in [6.07, 6.45) is 0.600. The van der Waals surface area contributed by atoms with E-state index in [1.165, 1.54) is 18.2 Å². The van der Waals surface area contributed by atoms with Crippen LogP contribution in [0.15, 0.2) is 18.2 Å². The third-order valence-electron chi connectivity index (χ3n) is 2.80. The molecule has 1 aromatic rings.